The molecular weight excluding hydrogens is 318 g/mol. The average Bonchev–Trinajstić information content (AvgIpc) is 3.15. The van der Waals surface area contributed by atoms with Crippen LogP contribution >= 0.6 is 0 Å². The second kappa shape index (κ2) is 6.40. The average molecular weight is 335 g/mol. The standard InChI is InChI=1S/C14H17N5O5/c1-8(23-9(2)20)13-10(19-7-15-6-16-19)5-12(24-13)18-4-3-11(21)17-14(18)22/h3-4,6-8,10,12-13H,5H2,1-2H3,(H,17,21,22)/t8-,10-,12+,13-/m0/s1. The van der Waals surface area contributed by atoms with Gasteiger partial charge in [-0.3, -0.25) is 19.1 Å². The van der Waals surface area contributed by atoms with Crippen LogP contribution in [-0.2, 0) is 14.3 Å². The number of nitrogens with one attached hydrogen (secondary N) is 1. The molecule has 2 aromatic heterocycles. The van der Waals surface area contributed by atoms with Crippen molar-refractivity contribution in [1.82, 2.24) is 24.3 Å². The number of esters is 1. The molecule has 0 bridgehead atoms. The molecule has 24 heavy (non-hydrogen) atoms. The zero-order valence-corrected chi connectivity index (χ0v) is 13.2. The second-order valence-corrected chi connectivity index (χ2v) is 5.57. The molecule has 128 valence electrons. The van der Waals surface area contributed by atoms with E-state index in [1.807, 2.05) is 0 Å². The maximum Gasteiger partial charge on any atom is 0.330 e. The molecule has 0 spiro atoms. The number of nitrogens with zero attached hydrogens (tertiary/aromatic N) is 4. The lowest BCUT2D eigenvalue weighted by molar-refractivity contribution is -0.155. The van der Waals surface area contributed by atoms with Crippen molar-refractivity contribution in [2.75, 3.05) is 0 Å². The molecule has 4 atom stereocenters. The van der Waals surface area contributed by atoms with Crippen LogP contribution in [0.3, 0.4) is 0 Å². The van der Waals surface area contributed by atoms with Gasteiger partial charge in [-0.05, 0) is 6.92 Å². The number of carbonyl (C=O) groups excluding carboxylic acids is 1. The van der Waals surface area contributed by atoms with E-state index >= 15 is 0 Å². The van der Waals surface area contributed by atoms with Crippen LogP contribution in [0.5, 0.6) is 0 Å². The van der Waals surface area contributed by atoms with E-state index in [4.69, 9.17) is 9.47 Å². The normalized spacial score (nSPS) is 24.7. The van der Waals surface area contributed by atoms with Crippen LogP contribution in [0.25, 0.3) is 0 Å². The number of hydrogen-bond donors (Lipinski definition) is 1. The maximum absolute atomic E-state index is 12.0. The van der Waals surface area contributed by atoms with Gasteiger partial charge in [0.2, 0.25) is 0 Å². The van der Waals surface area contributed by atoms with Gasteiger partial charge in [0.25, 0.3) is 5.56 Å². The quantitative estimate of drug-likeness (QED) is 0.755. The first-order chi connectivity index (χ1) is 11.5. The Labute approximate surface area is 136 Å². The van der Waals surface area contributed by atoms with Gasteiger partial charge in [-0.15, -0.1) is 0 Å². The summed E-state index contributed by atoms with van der Waals surface area (Å²) in [6.07, 6.45) is 3.05. The summed E-state index contributed by atoms with van der Waals surface area (Å²) in [4.78, 5) is 40.5. The number of H-pyrrole nitrogens is 1. The summed E-state index contributed by atoms with van der Waals surface area (Å²) in [7, 11) is 0. The van der Waals surface area contributed by atoms with Crippen LogP contribution in [-0.4, -0.2) is 42.5 Å². The molecule has 0 radical (unpaired) electrons. The van der Waals surface area contributed by atoms with Gasteiger partial charge in [-0.2, -0.15) is 5.10 Å². The fourth-order valence-corrected chi connectivity index (χ4v) is 2.90. The van der Waals surface area contributed by atoms with E-state index in [-0.39, 0.29) is 6.04 Å². The predicted octanol–water partition coefficient (Wildman–Crippen LogP) is -0.391. The van der Waals surface area contributed by atoms with Crippen molar-refractivity contribution in [3.05, 3.63) is 45.8 Å². The van der Waals surface area contributed by atoms with Gasteiger partial charge in [-0.1, -0.05) is 0 Å². The van der Waals surface area contributed by atoms with Crippen LogP contribution in [0.4, 0.5) is 0 Å². The molecule has 3 rings (SSSR count). The van der Waals surface area contributed by atoms with Gasteiger partial charge >= 0.3 is 11.7 Å². The molecule has 1 fully saturated rings. The lowest BCUT2D eigenvalue weighted by Crippen LogP contribution is -2.35. The van der Waals surface area contributed by atoms with Crippen LogP contribution < -0.4 is 11.2 Å². The molecule has 10 heteroatoms. The summed E-state index contributed by atoms with van der Waals surface area (Å²) in [5, 5.41) is 4.11. The van der Waals surface area contributed by atoms with Gasteiger partial charge in [0.05, 0.1) is 6.04 Å². The molecule has 1 aliphatic heterocycles. The topological polar surface area (TPSA) is 121 Å². The van der Waals surface area contributed by atoms with Crippen LogP contribution in [0.2, 0.25) is 0 Å². The van der Waals surface area contributed by atoms with E-state index in [2.05, 4.69) is 15.1 Å². The van der Waals surface area contributed by atoms with E-state index in [0.717, 1.165) is 0 Å². The third kappa shape index (κ3) is 3.13. The van der Waals surface area contributed by atoms with E-state index in [1.165, 1.54) is 30.1 Å². The second-order valence-electron chi connectivity index (χ2n) is 5.57. The zero-order valence-electron chi connectivity index (χ0n) is 13.2. The number of hydrogen-bond acceptors (Lipinski definition) is 7. The SMILES string of the molecule is CC(=O)O[C@@H](C)[C@@H]1O[C@@H](n2ccc(=O)[nH]c2=O)C[C@@H]1n1cncn1. The Morgan fingerprint density at radius 1 is 1.50 bits per heavy atom. The third-order valence-electron chi connectivity index (χ3n) is 3.89. The molecule has 0 amide bonds. The fraction of sp³-hybridized carbons (Fsp3) is 0.500. The van der Waals surface area contributed by atoms with Crippen molar-refractivity contribution in [2.45, 2.75) is 44.7 Å². The summed E-state index contributed by atoms with van der Waals surface area (Å²) >= 11 is 0. The number of ether oxygens (including phenoxy) is 2. The molecule has 10 nitrogen and oxygen atoms in total. The summed E-state index contributed by atoms with van der Waals surface area (Å²) < 4.78 is 14.1. The molecule has 0 unspecified atom stereocenters. The van der Waals surface area contributed by atoms with Crippen molar-refractivity contribution in [1.29, 1.82) is 0 Å². The zero-order chi connectivity index (χ0) is 17.3. The number of carbonyl (C=O) groups is 1. The number of rotatable bonds is 4. The summed E-state index contributed by atoms with van der Waals surface area (Å²) in [5.41, 5.74) is -1.04. The van der Waals surface area contributed by atoms with E-state index in [0.29, 0.717) is 6.42 Å². The minimum Gasteiger partial charge on any atom is -0.460 e. The van der Waals surface area contributed by atoms with Crippen molar-refractivity contribution in [3.63, 3.8) is 0 Å². The van der Waals surface area contributed by atoms with Gasteiger partial charge in [-0.25, -0.2) is 14.5 Å². The fourth-order valence-electron chi connectivity index (χ4n) is 2.90. The number of aromatic amines is 1. The van der Waals surface area contributed by atoms with Gasteiger partial charge < -0.3 is 9.47 Å². The van der Waals surface area contributed by atoms with Gasteiger partial charge in [0.1, 0.15) is 31.1 Å². The van der Waals surface area contributed by atoms with Crippen LogP contribution in [0, 0.1) is 0 Å². The van der Waals surface area contributed by atoms with Crippen LogP contribution in [0.1, 0.15) is 32.5 Å². The molecule has 1 aliphatic rings. The highest BCUT2D eigenvalue weighted by Crippen LogP contribution is 2.37. The van der Waals surface area contributed by atoms with Crippen molar-refractivity contribution in [2.24, 2.45) is 0 Å². The Morgan fingerprint density at radius 3 is 2.92 bits per heavy atom. The Bertz CT molecular complexity index is 827. The first-order valence-corrected chi connectivity index (χ1v) is 7.44. The molecule has 3 heterocycles. The monoisotopic (exact) mass is 335 g/mol. The minimum absolute atomic E-state index is 0.273. The van der Waals surface area contributed by atoms with Crippen molar-refractivity contribution < 1.29 is 14.3 Å². The Morgan fingerprint density at radius 2 is 2.29 bits per heavy atom. The highest BCUT2D eigenvalue weighted by atomic mass is 16.6. The summed E-state index contributed by atoms with van der Waals surface area (Å²) in [6.45, 7) is 3.04. The first-order valence-electron chi connectivity index (χ1n) is 7.44. The lowest BCUT2D eigenvalue weighted by atomic mass is 10.1. The molecule has 2 aromatic rings. The minimum atomic E-state index is -0.619. The van der Waals surface area contributed by atoms with Gasteiger partial charge in [0.15, 0.2) is 0 Å². The third-order valence-corrected chi connectivity index (χ3v) is 3.89. The van der Waals surface area contributed by atoms with E-state index < -0.39 is 35.7 Å². The van der Waals surface area contributed by atoms with Crippen LogP contribution in [0.15, 0.2) is 34.5 Å². The van der Waals surface area contributed by atoms with Gasteiger partial charge in [0, 0.05) is 25.6 Å². The van der Waals surface area contributed by atoms with E-state index in [1.54, 1.807) is 17.9 Å². The van der Waals surface area contributed by atoms with Crippen molar-refractivity contribution >= 4 is 5.97 Å². The molecule has 0 aromatic carbocycles. The maximum atomic E-state index is 12.0. The largest absolute Gasteiger partial charge is 0.460 e. The number of aromatic nitrogens is 5. The smallest absolute Gasteiger partial charge is 0.330 e. The molecular formula is C14H17N5O5. The Kier molecular flexibility index (Phi) is 4.30. The molecule has 0 saturated carbocycles. The Balaban J connectivity index is 1.91. The van der Waals surface area contributed by atoms with E-state index in [9.17, 15) is 14.4 Å². The Hall–Kier alpha value is -2.75. The predicted molar refractivity (Wildman–Crippen MR) is 80.1 cm³/mol. The molecule has 1 saturated heterocycles. The highest BCUT2D eigenvalue weighted by Gasteiger charge is 2.42. The molecule has 0 aliphatic carbocycles. The highest BCUT2D eigenvalue weighted by molar-refractivity contribution is 5.66. The first kappa shape index (κ1) is 16.1. The molecule has 1 N–H and O–H groups in total. The summed E-state index contributed by atoms with van der Waals surface area (Å²) in [6, 6.07) is 0.976. The summed E-state index contributed by atoms with van der Waals surface area (Å²) in [5.74, 6) is -0.423. The van der Waals surface area contributed by atoms with Crippen molar-refractivity contribution in [3.8, 4) is 0 Å². The lowest BCUT2D eigenvalue weighted by Gasteiger charge is -2.24.